The van der Waals surface area contributed by atoms with Crippen LogP contribution in [0.3, 0.4) is 0 Å². The second-order valence-corrected chi connectivity index (χ2v) is 8.31. The predicted octanol–water partition coefficient (Wildman–Crippen LogP) is 3.62. The molecule has 2 aromatic carbocycles. The lowest BCUT2D eigenvalue weighted by molar-refractivity contribution is -0.910. The fourth-order valence-electron chi connectivity index (χ4n) is 3.63. The Balaban J connectivity index is 1.47. The third kappa shape index (κ3) is 3.61. The SMILES string of the molecule is Cc1cc(Cl)ccc1NC(=O)C[NH+]1CCC[C@H]1c1nc2ccccc2s1. The summed E-state index contributed by atoms with van der Waals surface area (Å²) in [6.45, 7) is 3.42. The maximum absolute atomic E-state index is 12.6. The van der Waals surface area contributed by atoms with E-state index >= 15 is 0 Å². The van der Waals surface area contributed by atoms with Crippen molar-refractivity contribution in [3.8, 4) is 0 Å². The Hall–Kier alpha value is -1.95. The van der Waals surface area contributed by atoms with Crippen molar-refractivity contribution in [3.05, 3.63) is 58.1 Å². The van der Waals surface area contributed by atoms with Gasteiger partial charge in [0.1, 0.15) is 6.04 Å². The van der Waals surface area contributed by atoms with Crippen molar-refractivity contribution >= 4 is 44.7 Å². The Kier molecular flexibility index (Phi) is 4.94. The number of nitrogens with one attached hydrogen (secondary N) is 2. The van der Waals surface area contributed by atoms with Crippen LogP contribution in [-0.4, -0.2) is 24.0 Å². The van der Waals surface area contributed by atoms with Crippen molar-refractivity contribution in [2.75, 3.05) is 18.4 Å². The van der Waals surface area contributed by atoms with Crippen molar-refractivity contribution in [3.63, 3.8) is 0 Å². The second-order valence-electron chi connectivity index (χ2n) is 6.81. The van der Waals surface area contributed by atoms with E-state index in [1.165, 1.54) is 9.60 Å². The Morgan fingerprint density at radius 3 is 3.00 bits per heavy atom. The summed E-state index contributed by atoms with van der Waals surface area (Å²) in [5.74, 6) is 0.0402. The molecule has 2 atom stereocenters. The van der Waals surface area contributed by atoms with E-state index in [9.17, 15) is 4.79 Å². The molecule has 1 amide bonds. The Morgan fingerprint density at radius 1 is 1.35 bits per heavy atom. The monoisotopic (exact) mass is 386 g/mol. The average molecular weight is 387 g/mol. The van der Waals surface area contributed by atoms with Crippen LogP contribution in [0.1, 0.15) is 29.5 Å². The summed E-state index contributed by atoms with van der Waals surface area (Å²) in [4.78, 5) is 18.7. The summed E-state index contributed by atoms with van der Waals surface area (Å²) in [7, 11) is 0. The molecule has 2 heterocycles. The van der Waals surface area contributed by atoms with Gasteiger partial charge in [-0.15, -0.1) is 11.3 Å². The molecule has 1 fully saturated rings. The summed E-state index contributed by atoms with van der Waals surface area (Å²) in [5, 5.41) is 4.86. The zero-order chi connectivity index (χ0) is 18.1. The molecule has 4 nitrogen and oxygen atoms in total. The first-order valence-corrected chi connectivity index (χ1v) is 10.1. The van der Waals surface area contributed by atoms with Gasteiger partial charge in [-0.05, 0) is 42.8 Å². The van der Waals surface area contributed by atoms with Gasteiger partial charge >= 0.3 is 0 Å². The van der Waals surface area contributed by atoms with Crippen LogP contribution in [0.4, 0.5) is 5.69 Å². The number of amides is 1. The number of thiazole rings is 1. The number of rotatable bonds is 4. The van der Waals surface area contributed by atoms with Gasteiger partial charge in [0.25, 0.3) is 5.91 Å². The number of para-hydroxylation sites is 1. The number of carbonyl (C=O) groups is 1. The molecule has 0 radical (unpaired) electrons. The Labute approximate surface area is 161 Å². The van der Waals surface area contributed by atoms with Crippen LogP contribution in [0.25, 0.3) is 10.2 Å². The number of carbonyl (C=O) groups excluding carboxylic acids is 1. The zero-order valence-corrected chi connectivity index (χ0v) is 16.2. The highest BCUT2D eigenvalue weighted by Crippen LogP contribution is 2.28. The fraction of sp³-hybridized carbons (Fsp3) is 0.300. The van der Waals surface area contributed by atoms with Crippen molar-refractivity contribution in [1.82, 2.24) is 4.98 Å². The van der Waals surface area contributed by atoms with Gasteiger partial charge in [0.15, 0.2) is 11.6 Å². The molecule has 0 bridgehead atoms. The maximum Gasteiger partial charge on any atom is 0.279 e. The van der Waals surface area contributed by atoms with Crippen LogP contribution in [-0.2, 0) is 4.79 Å². The third-order valence-electron chi connectivity index (χ3n) is 4.94. The highest BCUT2D eigenvalue weighted by atomic mass is 35.5. The zero-order valence-electron chi connectivity index (χ0n) is 14.6. The number of fused-ring (bicyclic) bond motifs is 1. The molecule has 0 spiro atoms. The summed E-state index contributed by atoms with van der Waals surface area (Å²) in [5.41, 5.74) is 2.86. The van der Waals surface area contributed by atoms with Gasteiger partial charge in [-0.1, -0.05) is 23.7 Å². The number of benzene rings is 2. The van der Waals surface area contributed by atoms with Crippen LogP contribution >= 0.6 is 22.9 Å². The van der Waals surface area contributed by atoms with Crippen LogP contribution in [0.15, 0.2) is 42.5 Å². The van der Waals surface area contributed by atoms with Gasteiger partial charge in [0, 0.05) is 23.6 Å². The van der Waals surface area contributed by atoms with Gasteiger partial charge < -0.3 is 10.2 Å². The number of quaternary nitrogens is 1. The smallest absolute Gasteiger partial charge is 0.279 e. The van der Waals surface area contributed by atoms with Gasteiger partial charge in [-0.25, -0.2) is 4.98 Å². The van der Waals surface area contributed by atoms with Crippen molar-refractivity contribution < 1.29 is 9.69 Å². The molecule has 6 heteroatoms. The number of aromatic nitrogens is 1. The molecule has 0 saturated carbocycles. The minimum Gasteiger partial charge on any atom is -0.321 e. The van der Waals surface area contributed by atoms with E-state index in [1.54, 1.807) is 17.4 Å². The van der Waals surface area contributed by atoms with E-state index < -0.39 is 0 Å². The maximum atomic E-state index is 12.6. The fourth-order valence-corrected chi connectivity index (χ4v) is 5.02. The standard InChI is InChI=1S/C20H20ClN3OS/c1-13-11-14(21)8-9-15(13)22-19(25)12-24-10-4-6-17(24)20-23-16-5-2-3-7-18(16)26-20/h2-3,5,7-9,11,17H,4,6,10,12H2,1H3,(H,22,25)/p+1/t17-/m0/s1. The van der Waals surface area contributed by atoms with Crippen molar-refractivity contribution in [2.24, 2.45) is 0 Å². The number of hydrogen-bond donors (Lipinski definition) is 2. The average Bonchev–Trinajstić information content (AvgIpc) is 3.23. The number of hydrogen-bond acceptors (Lipinski definition) is 3. The Morgan fingerprint density at radius 2 is 2.19 bits per heavy atom. The van der Waals surface area contributed by atoms with Gasteiger partial charge in [0.05, 0.1) is 16.8 Å². The second kappa shape index (κ2) is 7.35. The van der Waals surface area contributed by atoms with E-state index in [-0.39, 0.29) is 5.91 Å². The molecule has 4 rings (SSSR count). The molecule has 3 aromatic rings. The number of aryl methyl sites for hydroxylation is 1. The molecule has 26 heavy (non-hydrogen) atoms. The first-order valence-electron chi connectivity index (χ1n) is 8.86. The van der Waals surface area contributed by atoms with E-state index in [0.717, 1.165) is 41.2 Å². The predicted molar refractivity (Wildman–Crippen MR) is 107 cm³/mol. The number of nitrogens with zero attached hydrogens (tertiary/aromatic N) is 1. The lowest BCUT2D eigenvalue weighted by atomic mass is 10.2. The van der Waals surface area contributed by atoms with Crippen LogP contribution in [0.2, 0.25) is 5.02 Å². The third-order valence-corrected chi connectivity index (χ3v) is 6.33. The van der Waals surface area contributed by atoms with Gasteiger partial charge in [-0.2, -0.15) is 0 Å². The quantitative estimate of drug-likeness (QED) is 0.719. The molecule has 1 unspecified atom stereocenters. The molecule has 134 valence electrons. The normalized spacial score (nSPS) is 19.8. The van der Waals surface area contributed by atoms with Crippen LogP contribution < -0.4 is 10.2 Å². The highest BCUT2D eigenvalue weighted by Gasteiger charge is 2.34. The van der Waals surface area contributed by atoms with Crippen LogP contribution in [0, 0.1) is 6.92 Å². The van der Waals surface area contributed by atoms with Crippen molar-refractivity contribution in [1.29, 1.82) is 0 Å². The largest absolute Gasteiger partial charge is 0.321 e. The van der Waals surface area contributed by atoms with E-state index in [4.69, 9.17) is 16.6 Å². The number of anilines is 1. The Bertz CT molecular complexity index is 922. The van der Waals surface area contributed by atoms with Crippen LogP contribution in [0.5, 0.6) is 0 Å². The molecule has 1 aliphatic rings. The summed E-state index contributed by atoms with van der Waals surface area (Å²) >= 11 is 7.74. The summed E-state index contributed by atoms with van der Waals surface area (Å²) in [6.07, 6.45) is 2.21. The number of halogens is 1. The molecule has 1 aliphatic heterocycles. The molecule has 0 aliphatic carbocycles. The van der Waals surface area contributed by atoms with E-state index in [0.29, 0.717) is 17.6 Å². The minimum atomic E-state index is 0.0402. The first-order chi connectivity index (χ1) is 12.6. The lowest BCUT2D eigenvalue weighted by Crippen LogP contribution is -3.11. The topological polar surface area (TPSA) is 46.4 Å². The molecule has 1 saturated heterocycles. The van der Waals surface area contributed by atoms with Crippen molar-refractivity contribution in [2.45, 2.75) is 25.8 Å². The molecular formula is C20H21ClN3OS+. The molecule has 1 aromatic heterocycles. The van der Waals surface area contributed by atoms with Gasteiger partial charge in [0.2, 0.25) is 0 Å². The highest BCUT2D eigenvalue weighted by molar-refractivity contribution is 7.18. The molecule has 2 N–H and O–H groups in total. The summed E-state index contributed by atoms with van der Waals surface area (Å²) in [6, 6.07) is 14.1. The van der Waals surface area contributed by atoms with E-state index in [1.807, 2.05) is 31.2 Å². The first kappa shape index (κ1) is 17.5. The lowest BCUT2D eigenvalue weighted by Gasteiger charge is -2.19. The van der Waals surface area contributed by atoms with E-state index in [2.05, 4.69) is 17.4 Å². The minimum absolute atomic E-state index is 0.0402. The molecular weight excluding hydrogens is 366 g/mol. The summed E-state index contributed by atoms with van der Waals surface area (Å²) < 4.78 is 1.22. The van der Waals surface area contributed by atoms with Gasteiger partial charge in [-0.3, -0.25) is 4.79 Å². The number of likely N-dealkylation sites (tertiary alicyclic amines) is 1.